The number of hydrogen-bond donors (Lipinski definition) is 3. The Hall–Kier alpha value is -3.63. The SMILES string of the molecule is CC(=O)N1c2ccc(N(C)C)cc2Sc2cc(N(C)C)ccc21.C[NH+](C)c1ccc2c(c1)Sc1cc([NH+](C)C)ccc1N2. The monoisotopic (exact) mass is 614 g/mol. The molecule has 7 nitrogen and oxygen atoms in total. The van der Waals surface area contributed by atoms with Gasteiger partial charge in [0.05, 0.1) is 50.9 Å². The summed E-state index contributed by atoms with van der Waals surface area (Å²) in [5.41, 5.74) is 9.22. The van der Waals surface area contributed by atoms with E-state index in [4.69, 9.17) is 0 Å². The first-order valence-electron chi connectivity index (χ1n) is 14.4. The minimum absolute atomic E-state index is 0.0306. The molecular formula is C34H42N6OS2+2. The average molecular weight is 615 g/mol. The molecule has 0 spiro atoms. The molecule has 2 aliphatic heterocycles. The van der Waals surface area contributed by atoms with Gasteiger partial charge in [-0.1, -0.05) is 23.5 Å². The zero-order chi connectivity index (χ0) is 31.0. The Balaban J connectivity index is 0.000000173. The van der Waals surface area contributed by atoms with E-state index in [9.17, 15) is 4.79 Å². The molecule has 0 bridgehead atoms. The van der Waals surface area contributed by atoms with Crippen LogP contribution < -0.4 is 29.8 Å². The van der Waals surface area contributed by atoms with Gasteiger partial charge >= 0.3 is 0 Å². The Morgan fingerprint density at radius 2 is 1.05 bits per heavy atom. The summed E-state index contributed by atoms with van der Waals surface area (Å²) in [5, 5.41) is 3.53. The van der Waals surface area contributed by atoms with Crippen molar-refractivity contribution in [2.24, 2.45) is 0 Å². The number of nitrogens with one attached hydrogen (secondary N) is 3. The highest BCUT2D eigenvalue weighted by Gasteiger charge is 2.27. The first-order valence-corrected chi connectivity index (χ1v) is 16.0. The molecule has 3 N–H and O–H groups in total. The van der Waals surface area contributed by atoms with Gasteiger partial charge in [-0.15, -0.1) is 0 Å². The van der Waals surface area contributed by atoms with Crippen molar-refractivity contribution in [2.45, 2.75) is 26.5 Å². The first kappa shape index (κ1) is 30.8. The maximum atomic E-state index is 12.3. The molecule has 0 saturated heterocycles. The second kappa shape index (κ2) is 12.5. The van der Waals surface area contributed by atoms with Crippen molar-refractivity contribution in [3.63, 3.8) is 0 Å². The Kier molecular flexibility index (Phi) is 8.99. The van der Waals surface area contributed by atoms with E-state index in [0.29, 0.717) is 0 Å². The fraction of sp³-hybridized carbons (Fsp3) is 0.265. The zero-order valence-electron chi connectivity index (χ0n) is 26.5. The van der Waals surface area contributed by atoms with Crippen LogP contribution in [0.25, 0.3) is 0 Å². The van der Waals surface area contributed by atoms with Gasteiger partial charge in [-0.2, -0.15) is 0 Å². The van der Waals surface area contributed by atoms with Gasteiger partial charge in [0, 0.05) is 90.3 Å². The molecule has 4 aromatic rings. The minimum Gasteiger partial charge on any atom is -0.378 e. The number of quaternary nitrogens is 2. The largest absolute Gasteiger partial charge is 0.378 e. The predicted molar refractivity (Wildman–Crippen MR) is 184 cm³/mol. The topological polar surface area (TPSA) is 47.7 Å². The molecular weight excluding hydrogens is 573 g/mol. The average Bonchev–Trinajstić information content (AvgIpc) is 2.97. The van der Waals surface area contributed by atoms with Crippen LogP contribution in [0, 0.1) is 0 Å². The van der Waals surface area contributed by atoms with E-state index < -0.39 is 0 Å². The van der Waals surface area contributed by atoms with Crippen molar-refractivity contribution in [1.82, 2.24) is 0 Å². The highest BCUT2D eigenvalue weighted by molar-refractivity contribution is 8.00. The van der Waals surface area contributed by atoms with E-state index in [2.05, 4.69) is 104 Å². The number of benzene rings is 4. The number of anilines is 6. The van der Waals surface area contributed by atoms with Crippen LogP contribution >= 0.6 is 23.5 Å². The third kappa shape index (κ3) is 6.50. The molecule has 0 atom stereocenters. The first-order chi connectivity index (χ1) is 20.4. The van der Waals surface area contributed by atoms with Crippen LogP contribution in [0.3, 0.4) is 0 Å². The number of carbonyl (C=O) groups excluding carboxylic acids is 1. The highest BCUT2D eigenvalue weighted by atomic mass is 32.2. The number of fused-ring (bicyclic) bond motifs is 4. The van der Waals surface area contributed by atoms with E-state index in [1.807, 2.05) is 52.1 Å². The number of carbonyl (C=O) groups is 1. The third-order valence-corrected chi connectivity index (χ3v) is 9.75. The van der Waals surface area contributed by atoms with Crippen molar-refractivity contribution in [3.8, 4) is 0 Å². The molecule has 0 aromatic heterocycles. The summed E-state index contributed by atoms with van der Waals surface area (Å²) in [6.45, 7) is 1.61. The van der Waals surface area contributed by atoms with Crippen molar-refractivity contribution < 1.29 is 14.6 Å². The van der Waals surface area contributed by atoms with Crippen molar-refractivity contribution >= 4 is 74.9 Å². The molecule has 224 valence electrons. The van der Waals surface area contributed by atoms with Gasteiger partial charge in [0.15, 0.2) is 0 Å². The summed E-state index contributed by atoms with van der Waals surface area (Å²) in [7, 11) is 16.7. The van der Waals surface area contributed by atoms with Gasteiger partial charge in [-0.05, 0) is 48.5 Å². The van der Waals surface area contributed by atoms with Crippen LogP contribution in [0.1, 0.15) is 6.92 Å². The molecule has 2 heterocycles. The van der Waals surface area contributed by atoms with Gasteiger partial charge in [0.2, 0.25) is 5.91 Å². The zero-order valence-corrected chi connectivity index (χ0v) is 28.1. The lowest BCUT2D eigenvalue weighted by atomic mass is 10.2. The lowest BCUT2D eigenvalue weighted by Gasteiger charge is -2.32. The third-order valence-electron chi connectivity index (χ3n) is 7.54. The fourth-order valence-electron chi connectivity index (χ4n) is 4.99. The van der Waals surface area contributed by atoms with Crippen LogP contribution in [-0.2, 0) is 4.79 Å². The van der Waals surface area contributed by atoms with Gasteiger partial charge in [-0.25, -0.2) is 0 Å². The summed E-state index contributed by atoms with van der Waals surface area (Å²) >= 11 is 3.58. The Bertz CT molecular complexity index is 1550. The summed E-state index contributed by atoms with van der Waals surface area (Å²) in [6.07, 6.45) is 0. The van der Waals surface area contributed by atoms with Crippen molar-refractivity contribution in [2.75, 3.05) is 76.4 Å². The molecule has 1 amide bonds. The second-order valence-corrected chi connectivity index (χ2v) is 13.9. The smallest absolute Gasteiger partial charge is 0.228 e. The molecule has 0 radical (unpaired) electrons. The number of nitrogens with zero attached hydrogens (tertiary/aromatic N) is 3. The number of rotatable bonds is 4. The molecule has 0 aliphatic carbocycles. The van der Waals surface area contributed by atoms with Crippen molar-refractivity contribution in [1.29, 1.82) is 0 Å². The fourth-order valence-corrected chi connectivity index (χ4v) is 7.18. The van der Waals surface area contributed by atoms with Gasteiger partial charge < -0.3 is 24.9 Å². The predicted octanol–water partition coefficient (Wildman–Crippen LogP) is 5.41. The molecule has 2 aliphatic rings. The van der Waals surface area contributed by atoms with Crippen LogP contribution in [0.5, 0.6) is 0 Å². The Morgan fingerprint density at radius 3 is 1.42 bits per heavy atom. The van der Waals surface area contributed by atoms with Gasteiger partial charge in [-0.3, -0.25) is 9.69 Å². The van der Waals surface area contributed by atoms with E-state index in [1.54, 1.807) is 23.6 Å². The number of amides is 1. The maximum Gasteiger partial charge on any atom is 0.228 e. The molecule has 6 rings (SSSR count). The number of hydrogen-bond acceptors (Lipinski definition) is 6. The minimum atomic E-state index is 0.0306. The Labute approximate surface area is 264 Å². The quantitative estimate of drug-likeness (QED) is 0.252. The molecule has 0 fully saturated rings. The Morgan fingerprint density at radius 1 is 0.628 bits per heavy atom. The molecule has 0 saturated carbocycles. The lowest BCUT2D eigenvalue weighted by Crippen LogP contribution is -3.00. The lowest BCUT2D eigenvalue weighted by molar-refractivity contribution is -0.786. The van der Waals surface area contributed by atoms with Crippen molar-refractivity contribution in [3.05, 3.63) is 72.8 Å². The molecule has 0 unspecified atom stereocenters. The van der Waals surface area contributed by atoms with Crippen LogP contribution in [0.4, 0.5) is 45.5 Å². The van der Waals surface area contributed by atoms with Gasteiger partial charge in [0.1, 0.15) is 11.4 Å². The van der Waals surface area contributed by atoms with E-state index in [-0.39, 0.29) is 5.91 Å². The molecule has 43 heavy (non-hydrogen) atoms. The van der Waals surface area contributed by atoms with Crippen LogP contribution in [0.15, 0.2) is 92.4 Å². The summed E-state index contributed by atoms with van der Waals surface area (Å²) in [6, 6.07) is 25.7. The standard InChI is InChI=1S/C18H21N3OS.C16H19N3S/c1-12(22)21-15-8-6-13(19(2)3)10-17(15)23-18-11-14(20(4)5)7-9-16(18)21;1-18(2)11-5-7-13-15(9-11)20-16-10-12(19(3)4)6-8-14(16)17-13/h6-11H,1-5H3;5-10,17H,1-4H3/p+2. The second-order valence-electron chi connectivity index (χ2n) is 11.7. The van der Waals surface area contributed by atoms with E-state index >= 15 is 0 Å². The van der Waals surface area contributed by atoms with E-state index in [0.717, 1.165) is 32.5 Å². The normalized spacial score (nSPS) is 12.8. The summed E-state index contributed by atoms with van der Waals surface area (Å²) in [5.74, 6) is 0.0306. The van der Waals surface area contributed by atoms with Crippen LogP contribution in [0.2, 0.25) is 0 Å². The molecule has 4 aromatic carbocycles. The van der Waals surface area contributed by atoms with Gasteiger partial charge in [0.25, 0.3) is 0 Å². The highest BCUT2D eigenvalue weighted by Crippen LogP contribution is 2.50. The summed E-state index contributed by atoms with van der Waals surface area (Å²) < 4.78 is 0. The maximum absolute atomic E-state index is 12.3. The van der Waals surface area contributed by atoms with Crippen LogP contribution in [-0.4, -0.2) is 62.3 Å². The van der Waals surface area contributed by atoms with E-state index in [1.165, 1.54) is 42.3 Å². The molecule has 9 heteroatoms. The summed E-state index contributed by atoms with van der Waals surface area (Å²) in [4.78, 5) is 25.7.